The van der Waals surface area contributed by atoms with Gasteiger partial charge in [-0.1, -0.05) is 12.1 Å². The van der Waals surface area contributed by atoms with Crippen LogP contribution < -0.4 is 10.5 Å². The normalized spacial score (nSPS) is 11.1. The number of nitrogens with two attached hydrogens (primary N) is 1. The van der Waals surface area contributed by atoms with Gasteiger partial charge in [0.1, 0.15) is 6.61 Å². The maximum absolute atomic E-state index is 10.9. The second kappa shape index (κ2) is 5.06. The molecule has 0 radical (unpaired) electrons. The fourth-order valence-electron chi connectivity index (χ4n) is 1.05. The molecule has 16 heavy (non-hydrogen) atoms. The van der Waals surface area contributed by atoms with E-state index in [0.717, 1.165) is 0 Å². The molecule has 4 N–H and O–H groups in total. The van der Waals surface area contributed by atoms with Gasteiger partial charge in [-0.25, -0.2) is 13.6 Å². The van der Waals surface area contributed by atoms with Gasteiger partial charge in [-0.15, -0.1) is 0 Å². The number of benzene rings is 1. The smallest absolute Gasteiger partial charge is 0.245 e. The zero-order chi connectivity index (χ0) is 12.2. The number of hydrogen-bond donors (Lipinski definition) is 3. The third-order valence-corrected chi connectivity index (χ3v) is 2.81. The number of aliphatic hydroxyl groups is 1. The highest BCUT2D eigenvalue weighted by atomic mass is 32.2. The van der Waals surface area contributed by atoms with Crippen molar-refractivity contribution >= 4 is 15.9 Å². The van der Waals surface area contributed by atoms with E-state index in [-0.39, 0.29) is 11.4 Å². The number of carbonyl (C=O) groups excluding carboxylic acids is 1. The van der Waals surface area contributed by atoms with Crippen LogP contribution in [0.1, 0.15) is 5.56 Å². The fraction of sp³-hybridized carbons (Fsp3) is 0.222. The third kappa shape index (κ3) is 3.61. The molecule has 0 fully saturated rings. The highest BCUT2D eigenvalue weighted by Crippen LogP contribution is 2.08. The van der Waals surface area contributed by atoms with Crippen LogP contribution in [0.2, 0.25) is 0 Å². The van der Waals surface area contributed by atoms with Crippen LogP contribution in [0.25, 0.3) is 0 Å². The van der Waals surface area contributed by atoms with Gasteiger partial charge in [0.05, 0.1) is 4.90 Å². The van der Waals surface area contributed by atoms with E-state index in [0.29, 0.717) is 5.56 Å². The van der Waals surface area contributed by atoms with Gasteiger partial charge >= 0.3 is 0 Å². The van der Waals surface area contributed by atoms with Crippen LogP contribution in [0.5, 0.6) is 0 Å². The summed E-state index contributed by atoms with van der Waals surface area (Å²) in [5.74, 6) is -0.490. The van der Waals surface area contributed by atoms with E-state index in [4.69, 9.17) is 10.2 Å². The number of aliphatic hydroxyl groups excluding tert-OH is 1. The SMILES string of the molecule is NS(=O)(=O)c1ccc(CNC(=O)CO)cc1. The van der Waals surface area contributed by atoms with Crippen LogP contribution in [0.4, 0.5) is 0 Å². The summed E-state index contributed by atoms with van der Waals surface area (Å²) in [6.45, 7) is -0.348. The number of carbonyl (C=O) groups is 1. The molecule has 0 aromatic heterocycles. The van der Waals surface area contributed by atoms with Crippen LogP contribution in [-0.4, -0.2) is 26.0 Å². The van der Waals surface area contributed by atoms with Crippen molar-refractivity contribution in [2.75, 3.05) is 6.61 Å². The molecule has 0 aliphatic heterocycles. The molecule has 6 nitrogen and oxygen atoms in total. The average molecular weight is 244 g/mol. The summed E-state index contributed by atoms with van der Waals surface area (Å²) in [4.78, 5) is 10.8. The predicted molar refractivity (Wildman–Crippen MR) is 56.7 cm³/mol. The first-order valence-corrected chi connectivity index (χ1v) is 5.97. The van der Waals surface area contributed by atoms with Gasteiger partial charge in [0.15, 0.2) is 0 Å². The van der Waals surface area contributed by atoms with Gasteiger partial charge in [0.25, 0.3) is 0 Å². The molecule has 0 spiro atoms. The van der Waals surface area contributed by atoms with Crippen LogP contribution >= 0.6 is 0 Å². The number of rotatable bonds is 4. The van der Waals surface area contributed by atoms with Gasteiger partial charge < -0.3 is 10.4 Å². The van der Waals surface area contributed by atoms with Crippen LogP contribution in [-0.2, 0) is 21.4 Å². The molecule has 88 valence electrons. The maximum Gasteiger partial charge on any atom is 0.245 e. The molecule has 0 aliphatic carbocycles. The summed E-state index contributed by atoms with van der Waals surface area (Å²) >= 11 is 0. The molecular formula is C9H12N2O4S. The summed E-state index contributed by atoms with van der Waals surface area (Å²) in [7, 11) is -3.68. The highest BCUT2D eigenvalue weighted by molar-refractivity contribution is 7.89. The van der Waals surface area contributed by atoms with Crippen molar-refractivity contribution in [2.24, 2.45) is 5.14 Å². The molecule has 1 aromatic carbocycles. The minimum atomic E-state index is -3.68. The lowest BCUT2D eigenvalue weighted by Crippen LogP contribution is -2.25. The van der Waals surface area contributed by atoms with E-state index in [2.05, 4.69) is 5.32 Å². The second-order valence-electron chi connectivity index (χ2n) is 3.12. The Bertz CT molecular complexity index is 467. The molecule has 0 saturated heterocycles. The van der Waals surface area contributed by atoms with Crippen molar-refractivity contribution < 1.29 is 18.3 Å². The van der Waals surface area contributed by atoms with Crippen molar-refractivity contribution in [3.05, 3.63) is 29.8 Å². The Hall–Kier alpha value is -1.44. The first kappa shape index (κ1) is 12.6. The van der Waals surface area contributed by atoms with E-state index >= 15 is 0 Å². The van der Waals surface area contributed by atoms with Gasteiger partial charge in [0, 0.05) is 6.54 Å². The lowest BCUT2D eigenvalue weighted by Gasteiger charge is -2.04. The molecule has 0 heterocycles. The van der Waals surface area contributed by atoms with Crippen LogP contribution in [0.3, 0.4) is 0 Å². The molecule has 1 aromatic rings. The van der Waals surface area contributed by atoms with Gasteiger partial charge in [-0.3, -0.25) is 4.79 Å². The Morgan fingerprint density at radius 3 is 2.31 bits per heavy atom. The molecule has 0 aliphatic rings. The van der Waals surface area contributed by atoms with E-state index < -0.39 is 22.5 Å². The van der Waals surface area contributed by atoms with Gasteiger partial charge in [-0.2, -0.15) is 0 Å². The topological polar surface area (TPSA) is 109 Å². The maximum atomic E-state index is 10.9. The first-order valence-electron chi connectivity index (χ1n) is 4.43. The monoisotopic (exact) mass is 244 g/mol. The summed E-state index contributed by atoms with van der Waals surface area (Å²) in [6.07, 6.45) is 0. The molecule has 0 unspecified atom stereocenters. The Kier molecular flexibility index (Phi) is 3.99. The zero-order valence-corrected chi connectivity index (χ0v) is 9.20. The minimum Gasteiger partial charge on any atom is -0.387 e. The molecule has 0 saturated carbocycles. The summed E-state index contributed by atoms with van der Waals surface area (Å²) in [6, 6.07) is 5.79. The Balaban J connectivity index is 2.69. The number of amides is 1. The predicted octanol–water partition coefficient (Wildman–Crippen LogP) is -1.06. The average Bonchev–Trinajstić information content (AvgIpc) is 2.25. The number of hydrogen-bond acceptors (Lipinski definition) is 4. The van der Waals surface area contributed by atoms with Crippen LogP contribution in [0.15, 0.2) is 29.2 Å². The second-order valence-corrected chi connectivity index (χ2v) is 4.69. The quantitative estimate of drug-likeness (QED) is 0.627. The van der Waals surface area contributed by atoms with Crippen molar-refractivity contribution in [3.63, 3.8) is 0 Å². The minimum absolute atomic E-state index is 0.0183. The Morgan fingerprint density at radius 2 is 1.88 bits per heavy atom. The van der Waals surface area contributed by atoms with Crippen LogP contribution in [0, 0.1) is 0 Å². The van der Waals surface area contributed by atoms with E-state index in [9.17, 15) is 13.2 Å². The first-order chi connectivity index (χ1) is 7.43. The Morgan fingerprint density at radius 1 is 1.31 bits per heavy atom. The van der Waals surface area contributed by atoms with E-state index in [1.165, 1.54) is 24.3 Å². The van der Waals surface area contributed by atoms with Crippen molar-refractivity contribution in [3.8, 4) is 0 Å². The summed E-state index contributed by atoms with van der Waals surface area (Å²) in [5.41, 5.74) is 0.717. The van der Waals surface area contributed by atoms with Crippen molar-refractivity contribution in [1.29, 1.82) is 0 Å². The number of primary sulfonamides is 1. The van der Waals surface area contributed by atoms with Crippen molar-refractivity contribution in [1.82, 2.24) is 5.32 Å². The number of sulfonamides is 1. The van der Waals surface area contributed by atoms with E-state index in [1.54, 1.807) is 0 Å². The largest absolute Gasteiger partial charge is 0.387 e. The molecular weight excluding hydrogens is 232 g/mol. The fourth-order valence-corrected chi connectivity index (χ4v) is 1.57. The molecule has 7 heteroatoms. The molecule has 1 amide bonds. The Labute approximate surface area is 93.1 Å². The standard InChI is InChI=1S/C9H12N2O4S/c10-16(14,15)8-3-1-7(2-4-8)5-11-9(13)6-12/h1-4,12H,5-6H2,(H,11,13)(H2,10,14,15). The zero-order valence-electron chi connectivity index (χ0n) is 8.38. The molecule has 1 rings (SSSR count). The van der Waals surface area contributed by atoms with E-state index in [1.807, 2.05) is 0 Å². The van der Waals surface area contributed by atoms with Gasteiger partial charge in [-0.05, 0) is 17.7 Å². The lowest BCUT2D eigenvalue weighted by molar-refractivity contribution is -0.123. The molecule has 0 atom stereocenters. The highest BCUT2D eigenvalue weighted by Gasteiger charge is 2.06. The summed E-state index contributed by atoms with van der Waals surface area (Å²) in [5, 5.41) is 15.8. The summed E-state index contributed by atoms with van der Waals surface area (Å²) < 4.78 is 21.9. The lowest BCUT2D eigenvalue weighted by atomic mass is 10.2. The third-order valence-electron chi connectivity index (χ3n) is 1.89. The number of nitrogens with one attached hydrogen (secondary N) is 1. The van der Waals surface area contributed by atoms with Gasteiger partial charge in [0.2, 0.25) is 15.9 Å². The molecule has 0 bridgehead atoms. The van der Waals surface area contributed by atoms with Crippen molar-refractivity contribution in [2.45, 2.75) is 11.4 Å².